The SMILES string of the molecule is NCCc1c(Cl)cccc1Sc1cc(Cl)ccc1Cl. The molecule has 0 fully saturated rings. The van der Waals surface area contributed by atoms with Gasteiger partial charge in [0.25, 0.3) is 0 Å². The standard InChI is InChI=1S/C14H12Cl3NS/c15-9-4-5-12(17)14(8-9)19-13-3-1-2-11(16)10(13)6-7-18/h1-5,8H,6-7,18H2. The molecule has 0 spiro atoms. The fraction of sp³-hybridized carbons (Fsp3) is 0.143. The van der Waals surface area contributed by atoms with Crippen molar-refractivity contribution in [2.75, 3.05) is 6.54 Å². The van der Waals surface area contributed by atoms with Crippen LogP contribution in [-0.4, -0.2) is 6.54 Å². The van der Waals surface area contributed by atoms with Gasteiger partial charge in [-0.25, -0.2) is 0 Å². The topological polar surface area (TPSA) is 26.0 Å². The van der Waals surface area contributed by atoms with Crippen molar-refractivity contribution in [3.05, 3.63) is 57.0 Å². The first-order valence-corrected chi connectivity index (χ1v) is 7.67. The molecule has 1 nitrogen and oxygen atoms in total. The number of hydrogen-bond acceptors (Lipinski definition) is 2. The highest BCUT2D eigenvalue weighted by atomic mass is 35.5. The van der Waals surface area contributed by atoms with Crippen LogP contribution in [0, 0.1) is 0 Å². The predicted octanol–water partition coefficient (Wildman–Crippen LogP) is 5.30. The largest absolute Gasteiger partial charge is 0.330 e. The van der Waals surface area contributed by atoms with Gasteiger partial charge in [0, 0.05) is 19.8 Å². The van der Waals surface area contributed by atoms with E-state index in [2.05, 4.69) is 0 Å². The van der Waals surface area contributed by atoms with Gasteiger partial charge in [-0.1, -0.05) is 52.6 Å². The van der Waals surface area contributed by atoms with E-state index >= 15 is 0 Å². The van der Waals surface area contributed by atoms with Gasteiger partial charge in [0.15, 0.2) is 0 Å². The van der Waals surface area contributed by atoms with Crippen LogP contribution >= 0.6 is 46.6 Å². The van der Waals surface area contributed by atoms with Gasteiger partial charge in [0.05, 0.1) is 5.02 Å². The summed E-state index contributed by atoms with van der Waals surface area (Å²) in [5.74, 6) is 0. The van der Waals surface area contributed by atoms with Crippen LogP contribution in [0.4, 0.5) is 0 Å². The summed E-state index contributed by atoms with van der Waals surface area (Å²) in [4.78, 5) is 1.97. The van der Waals surface area contributed by atoms with E-state index in [1.807, 2.05) is 24.3 Å². The Hall–Kier alpha value is -0.380. The van der Waals surface area contributed by atoms with Gasteiger partial charge in [-0.2, -0.15) is 0 Å². The van der Waals surface area contributed by atoms with Crippen LogP contribution < -0.4 is 5.73 Å². The Kier molecular flexibility index (Phi) is 5.43. The van der Waals surface area contributed by atoms with Crippen molar-refractivity contribution in [3.8, 4) is 0 Å². The van der Waals surface area contributed by atoms with Crippen LogP contribution in [0.3, 0.4) is 0 Å². The number of nitrogens with two attached hydrogens (primary N) is 1. The summed E-state index contributed by atoms with van der Waals surface area (Å²) < 4.78 is 0. The third kappa shape index (κ3) is 3.80. The van der Waals surface area contributed by atoms with Crippen molar-refractivity contribution < 1.29 is 0 Å². The molecule has 0 unspecified atom stereocenters. The maximum atomic E-state index is 6.22. The fourth-order valence-corrected chi connectivity index (χ4v) is 3.56. The Bertz CT molecular complexity index is 587. The highest BCUT2D eigenvalue weighted by molar-refractivity contribution is 7.99. The Morgan fingerprint density at radius 1 is 0.947 bits per heavy atom. The zero-order chi connectivity index (χ0) is 13.8. The summed E-state index contributed by atoms with van der Waals surface area (Å²) in [5, 5.41) is 2.07. The maximum absolute atomic E-state index is 6.22. The summed E-state index contributed by atoms with van der Waals surface area (Å²) in [7, 11) is 0. The van der Waals surface area contributed by atoms with Crippen LogP contribution in [0.25, 0.3) is 0 Å². The summed E-state index contributed by atoms with van der Waals surface area (Å²) in [6.45, 7) is 0.556. The quantitative estimate of drug-likeness (QED) is 0.822. The lowest BCUT2D eigenvalue weighted by atomic mass is 10.1. The molecule has 0 saturated carbocycles. The first-order chi connectivity index (χ1) is 9.11. The molecule has 2 aromatic rings. The molecule has 0 amide bonds. The first kappa shape index (κ1) is 15.0. The monoisotopic (exact) mass is 331 g/mol. The predicted molar refractivity (Wildman–Crippen MR) is 84.8 cm³/mol. The van der Waals surface area contributed by atoms with E-state index in [-0.39, 0.29) is 0 Å². The van der Waals surface area contributed by atoms with E-state index < -0.39 is 0 Å². The lowest BCUT2D eigenvalue weighted by Crippen LogP contribution is -2.04. The Morgan fingerprint density at radius 2 is 1.74 bits per heavy atom. The minimum Gasteiger partial charge on any atom is -0.330 e. The molecule has 0 aliphatic carbocycles. The second-order valence-corrected chi connectivity index (χ2v) is 6.27. The molecule has 0 bridgehead atoms. The van der Waals surface area contributed by atoms with E-state index in [1.165, 1.54) is 0 Å². The van der Waals surface area contributed by atoms with Crippen molar-refractivity contribution in [1.29, 1.82) is 0 Å². The van der Waals surface area contributed by atoms with E-state index in [0.29, 0.717) is 16.6 Å². The molecule has 0 aliphatic heterocycles. The lowest BCUT2D eigenvalue weighted by Gasteiger charge is -2.11. The fourth-order valence-electron chi connectivity index (χ4n) is 1.70. The van der Waals surface area contributed by atoms with E-state index in [1.54, 1.807) is 23.9 Å². The highest BCUT2D eigenvalue weighted by Crippen LogP contribution is 2.38. The average Bonchev–Trinajstić information content (AvgIpc) is 2.38. The van der Waals surface area contributed by atoms with Gasteiger partial charge in [0.2, 0.25) is 0 Å². The summed E-state index contributed by atoms with van der Waals surface area (Å²) in [6.07, 6.45) is 0.736. The van der Waals surface area contributed by atoms with Crippen LogP contribution in [-0.2, 0) is 6.42 Å². The zero-order valence-electron chi connectivity index (χ0n) is 10.00. The molecule has 0 saturated heterocycles. The highest BCUT2D eigenvalue weighted by Gasteiger charge is 2.10. The molecule has 100 valence electrons. The second-order valence-electron chi connectivity index (χ2n) is 3.93. The summed E-state index contributed by atoms with van der Waals surface area (Å²) in [6, 6.07) is 11.2. The van der Waals surface area contributed by atoms with Crippen molar-refractivity contribution in [2.24, 2.45) is 5.73 Å². The molecule has 0 aromatic heterocycles. The van der Waals surface area contributed by atoms with Gasteiger partial charge < -0.3 is 5.73 Å². The molecule has 2 aromatic carbocycles. The van der Waals surface area contributed by atoms with Crippen LogP contribution in [0.2, 0.25) is 15.1 Å². The molecule has 0 radical (unpaired) electrons. The van der Waals surface area contributed by atoms with Gasteiger partial charge in [-0.15, -0.1) is 0 Å². The van der Waals surface area contributed by atoms with Gasteiger partial charge in [-0.05, 0) is 48.9 Å². The number of halogens is 3. The average molecular weight is 333 g/mol. The Morgan fingerprint density at radius 3 is 2.47 bits per heavy atom. The normalized spacial score (nSPS) is 10.7. The molecule has 0 atom stereocenters. The van der Waals surface area contributed by atoms with E-state index in [9.17, 15) is 0 Å². The third-order valence-corrected chi connectivity index (χ3v) is 4.77. The molecule has 2 N–H and O–H groups in total. The Labute approximate surface area is 132 Å². The minimum absolute atomic E-state index is 0.556. The van der Waals surface area contributed by atoms with Crippen molar-refractivity contribution in [1.82, 2.24) is 0 Å². The van der Waals surface area contributed by atoms with Crippen LogP contribution in [0.15, 0.2) is 46.2 Å². The van der Waals surface area contributed by atoms with Crippen LogP contribution in [0.1, 0.15) is 5.56 Å². The van der Waals surface area contributed by atoms with Gasteiger partial charge in [0.1, 0.15) is 0 Å². The number of hydrogen-bond donors (Lipinski definition) is 1. The maximum Gasteiger partial charge on any atom is 0.0546 e. The molecule has 0 aliphatic rings. The van der Waals surface area contributed by atoms with Crippen molar-refractivity contribution in [3.63, 3.8) is 0 Å². The molecular formula is C14H12Cl3NS. The van der Waals surface area contributed by atoms with Crippen molar-refractivity contribution in [2.45, 2.75) is 16.2 Å². The Balaban J connectivity index is 2.37. The smallest absolute Gasteiger partial charge is 0.0546 e. The number of rotatable bonds is 4. The summed E-state index contributed by atoms with van der Waals surface area (Å²) >= 11 is 19.9. The molecule has 0 heterocycles. The molecule has 2 rings (SSSR count). The van der Waals surface area contributed by atoms with Crippen molar-refractivity contribution >= 4 is 46.6 Å². The zero-order valence-corrected chi connectivity index (χ0v) is 13.1. The third-order valence-electron chi connectivity index (χ3n) is 2.58. The minimum atomic E-state index is 0.556. The first-order valence-electron chi connectivity index (χ1n) is 5.72. The van der Waals surface area contributed by atoms with Crippen LogP contribution in [0.5, 0.6) is 0 Å². The van der Waals surface area contributed by atoms with E-state index in [4.69, 9.17) is 40.5 Å². The lowest BCUT2D eigenvalue weighted by molar-refractivity contribution is 0.944. The molecular weight excluding hydrogens is 321 g/mol. The second kappa shape index (κ2) is 6.87. The summed E-state index contributed by atoms with van der Waals surface area (Å²) in [5.41, 5.74) is 6.68. The number of benzene rings is 2. The molecule has 19 heavy (non-hydrogen) atoms. The molecule has 5 heteroatoms. The van der Waals surface area contributed by atoms with Gasteiger partial charge >= 0.3 is 0 Å². The van der Waals surface area contributed by atoms with E-state index in [0.717, 1.165) is 26.8 Å². The van der Waals surface area contributed by atoms with Gasteiger partial charge in [-0.3, -0.25) is 0 Å².